The Morgan fingerprint density at radius 2 is 0.771 bits per heavy atom. The topological polar surface area (TPSA) is 114 Å². The third-order valence-corrected chi connectivity index (χ3v) is 16.3. The average molecular weight is 1180 g/mol. The molecule has 0 aromatic rings. The van der Waals surface area contributed by atoms with E-state index in [9.17, 15) is 19.0 Å². The standard InChI is InChI=1S/C73H133N2O7P/c1-7-10-13-16-19-22-25-28-30-32-33-34-35-36-37-38-39-40-41-43-44-47-50-53-56-59-62-65-72(76)74-70(69-81-83(78,79)80-68-67-75(4,5)6)71(64-61-58-55-52-49-46-27-24-21-18-15-12-9-3)82-73(77)66-63-60-57-54-51-48-45-42-31-29-26-23-20-17-14-11-8-2/h10,13,19,22,28,30,33-34,36-37,39-40,61,64,70-71H,7-9,11-12,14-18,20-21,23-27,29,31-32,35,38,41-60,62-63,65-69H2,1-6H3,(H-,74,76,78,79)/b13-10-,22-19-,30-28-,34-33-,37-36-,40-39-,64-61-. The molecule has 3 unspecified atom stereocenters. The molecular formula is C73H133N2O7P. The lowest BCUT2D eigenvalue weighted by Gasteiger charge is -2.30. The van der Waals surface area contributed by atoms with Gasteiger partial charge in [-0.3, -0.25) is 14.2 Å². The Kier molecular flexibility index (Phi) is 60.1. The number of unbranched alkanes of at least 4 members (excludes halogenated alkanes) is 35. The van der Waals surface area contributed by atoms with Crippen molar-refractivity contribution in [3.05, 3.63) is 85.1 Å². The summed E-state index contributed by atoms with van der Waals surface area (Å²) >= 11 is 0. The van der Waals surface area contributed by atoms with Crippen LogP contribution in [0.1, 0.15) is 316 Å². The number of rotatable bonds is 63. The SMILES string of the molecule is CC/C=C\C/C=C\C/C=C\C/C=C\C/C=C\C/C=C\CCCCCCCCCCC(=O)NC(COP(=O)([O-])OCC[N+](C)(C)C)C(/C=C\CCCCCCCCCCCCC)OC(=O)CCCCCCCCCCCCCCCCCCC. The molecule has 0 heterocycles. The Morgan fingerprint density at radius 1 is 0.434 bits per heavy atom. The predicted molar refractivity (Wildman–Crippen MR) is 358 cm³/mol. The smallest absolute Gasteiger partial charge is 0.306 e. The van der Waals surface area contributed by atoms with Gasteiger partial charge in [-0.25, -0.2) is 0 Å². The Hall–Kier alpha value is -2.81. The van der Waals surface area contributed by atoms with Crippen molar-refractivity contribution in [1.29, 1.82) is 0 Å². The van der Waals surface area contributed by atoms with Gasteiger partial charge in [0.05, 0.1) is 33.8 Å². The van der Waals surface area contributed by atoms with Gasteiger partial charge in [0.1, 0.15) is 19.3 Å². The third kappa shape index (κ3) is 63.5. The van der Waals surface area contributed by atoms with Crippen LogP contribution in [0.4, 0.5) is 0 Å². The summed E-state index contributed by atoms with van der Waals surface area (Å²) in [5.74, 6) is -0.541. The van der Waals surface area contributed by atoms with Gasteiger partial charge >= 0.3 is 5.97 Å². The van der Waals surface area contributed by atoms with Crippen molar-refractivity contribution in [3.63, 3.8) is 0 Å². The first-order valence-corrected chi connectivity index (χ1v) is 36.4. The number of nitrogens with one attached hydrogen (secondary N) is 1. The van der Waals surface area contributed by atoms with Crippen LogP contribution in [0.25, 0.3) is 0 Å². The Balaban J connectivity index is 5.12. The monoisotopic (exact) mass is 1180 g/mol. The molecule has 0 saturated heterocycles. The molecule has 0 aliphatic carbocycles. The van der Waals surface area contributed by atoms with Crippen molar-refractivity contribution < 1.29 is 37.3 Å². The molecule has 1 N–H and O–H groups in total. The Labute approximate surface area is 514 Å². The van der Waals surface area contributed by atoms with Gasteiger partial charge < -0.3 is 28.5 Å². The summed E-state index contributed by atoms with van der Waals surface area (Å²) < 4.78 is 30.4. The van der Waals surface area contributed by atoms with Gasteiger partial charge in [0, 0.05) is 12.8 Å². The summed E-state index contributed by atoms with van der Waals surface area (Å²) in [6.07, 6.45) is 82.7. The molecule has 0 saturated carbocycles. The molecule has 0 aliphatic heterocycles. The molecule has 482 valence electrons. The number of ether oxygens (including phenoxy) is 1. The number of carbonyl (C=O) groups is 2. The number of phosphoric ester groups is 1. The molecule has 0 aromatic heterocycles. The van der Waals surface area contributed by atoms with Crippen molar-refractivity contribution in [2.75, 3.05) is 40.9 Å². The first-order chi connectivity index (χ1) is 40.4. The summed E-state index contributed by atoms with van der Waals surface area (Å²) in [7, 11) is 1.18. The lowest BCUT2D eigenvalue weighted by molar-refractivity contribution is -0.870. The quantitative estimate of drug-likeness (QED) is 0.0212. The highest BCUT2D eigenvalue weighted by molar-refractivity contribution is 7.45. The maximum Gasteiger partial charge on any atom is 0.306 e. The fourth-order valence-electron chi connectivity index (χ4n) is 10.00. The van der Waals surface area contributed by atoms with Crippen LogP contribution >= 0.6 is 7.82 Å². The average Bonchev–Trinajstić information content (AvgIpc) is 3.47. The highest BCUT2D eigenvalue weighted by Gasteiger charge is 2.27. The second-order valence-corrected chi connectivity index (χ2v) is 26.1. The number of nitrogens with zero attached hydrogens (tertiary/aromatic N) is 1. The summed E-state index contributed by atoms with van der Waals surface area (Å²) in [6.45, 7) is 6.76. The Morgan fingerprint density at radius 3 is 1.16 bits per heavy atom. The number of hydrogen-bond acceptors (Lipinski definition) is 7. The normalized spacial score (nSPS) is 14.1. The van der Waals surface area contributed by atoms with Gasteiger partial charge in [-0.05, 0) is 83.1 Å². The molecule has 0 rings (SSSR count). The molecule has 0 fully saturated rings. The van der Waals surface area contributed by atoms with Crippen LogP contribution in [0.2, 0.25) is 0 Å². The zero-order valence-electron chi connectivity index (χ0n) is 55.1. The van der Waals surface area contributed by atoms with Gasteiger partial charge in [0.15, 0.2) is 0 Å². The van der Waals surface area contributed by atoms with E-state index in [-0.39, 0.29) is 24.9 Å². The molecule has 0 spiro atoms. The number of phosphoric acid groups is 1. The van der Waals surface area contributed by atoms with Gasteiger partial charge in [-0.15, -0.1) is 0 Å². The molecule has 9 nitrogen and oxygen atoms in total. The summed E-state index contributed by atoms with van der Waals surface area (Å²) in [6, 6.07) is -0.896. The van der Waals surface area contributed by atoms with E-state index in [2.05, 4.69) is 99.0 Å². The lowest BCUT2D eigenvalue weighted by atomic mass is 10.0. The van der Waals surface area contributed by atoms with Crippen LogP contribution in [0.3, 0.4) is 0 Å². The van der Waals surface area contributed by atoms with Crippen LogP contribution in [-0.2, 0) is 27.9 Å². The molecular weight excluding hydrogens is 1050 g/mol. The van der Waals surface area contributed by atoms with Crippen LogP contribution < -0.4 is 10.2 Å². The highest BCUT2D eigenvalue weighted by atomic mass is 31.2. The number of quaternary nitrogens is 1. The van der Waals surface area contributed by atoms with E-state index in [1.54, 1.807) is 0 Å². The molecule has 0 aliphatic rings. The fourth-order valence-corrected chi connectivity index (χ4v) is 10.7. The maximum atomic E-state index is 13.6. The predicted octanol–water partition coefficient (Wildman–Crippen LogP) is 21.5. The lowest BCUT2D eigenvalue weighted by Crippen LogP contribution is -2.47. The van der Waals surface area contributed by atoms with E-state index in [0.717, 1.165) is 109 Å². The Bertz CT molecular complexity index is 1700. The molecule has 1 amide bonds. The second-order valence-electron chi connectivity index (χ2n) is 24.7. The zero-order chi connectivity index (χ0) is 60.7. The molecule has 0 bridgehead atoms. The van der Waals surface area contributed by atoms with Crippen LogP contribution in [0, 0.1) is 0 Å². The van der Waals surface area contributed by atoms with E-state index >= 15 is 0 Å². The van der Waals surface area contributed by atoms with Crippen LogP contribution in [-0.4, -0.2) is 69.4 Å². The van der Waals surface area contributed by atoms with Gasteiger partial charge in [-0.1, -0.05) is 305 Å². The third-order valence-electron chi connectivity index (χ3n) is 15.3. The van der Waals surface area contributed by atoms with Gasteiger partial charge in [-0.2, -0.15) is 0 Å². The first kappa shape index (κ1) is 80.2. The minimum absolute atomic E-state index is 0.0255. The largest absolute Gasteiger partial charge is 0.756 e. The maximum absolute atomic E-state index is 13.6. The van der Waals surface area contributed by atoms with Gasteiger partial charge in [0.2, 0.25) is 5.91 Å². The molecule has 0 aromatic carbocycles. The number of hydrogen-bond donors (Lipinski definition) is 1. The first-order valence-electron chi connectivity index (χ1n) is 34.9. The van der Waals surface area contributed by atoms with Crippen molar-refractivity contribution in [2.45, 2.75) is 328 Å². The van der Waals surface area contributed by atoms with E-state index in [1.807, 2.05) is 33.3 Å². The van der Waals surface area contributed by atoms with Gasteiger partial charge in [0.25, 0.3) is 7.82 Å². The van der Waals surface area contributed by atoms with Crippen LogP contribution in [0.15, 0.2) is 85.1 Å². The number of amides is 1. The van der Waals surface area contributed by atoms with E-state index in [1.165, 1.54) is 173 Å². The zero-order valence-corrected chi connectivity index (χ0v) is 56.0. The molecule has 0 radical (unpaired) electrons. The van der Waals surface area contributed by atoms with Crippen molar-refractivity contribution in [3.8, 4) is 0 Å². The number of likely N-dealkylation sites (N-methyl/N-ethyl adjacent to an activating group) is 1. The highest BCUT2D eigenvalue weighted by Crippen LogP contribution is 2.38. The minimum atomic E-state index is -4.71. The minimum Gasteiger partial charge on any atom is -0.756 e. The summed E-state index contributed by atoms with van der Waals surface area (Å²) in [4.78, 5) is 40.2. The van der Waals surface area contributed by atoms with Crippen LogP contribution in [0.5, 0.6) is 0 Å². The van der Waals surface area contributed by atoms with Crippen molar-refractivity contribution in [1.82, 2.24) is 5.32 Å². The van der Waals surface area contributed by atoms with E-state index in [0.29, 0.717) is 17.4 Å². The van der Waals surface area contributed by atoms with Crippen molar-refractivity contribution in [2.24, 2.45) is 0 Å². The second kappa shape index (κ2) is 62.2. The fraction of sp³-hybridized carbons (Fsp3) is 0.781. The number of esters is 1. The molecule has 10 heteroatoms. The van der Waals surface area contributed by atoms with Crippen molar-refractivity contribution >= 4 is 19.7 Å². The number of allylic oxidation sites excluding steroid dienone is 13. The van der Waals surface area contributed by atoms with E-state index < -0.39 is 26.6 Å². The van der Waals surface area contributed by atoms with E-state index in [4.69, 9.17) is 13.8 Å². The number of carbonyl (C=O) groups excluding carboxylic acids is 2. The summed E-state index contributed by atoms with van der Waals surface area (Å²) in [5.41, 5.74) is 0. The molecule has 3 atom stereocenters. The molecule has 83 heavy (non-hydrogen) atoms. The summed E-state index contributed by atoms with van der Waals surface area (Å²) in [5, 5.41) is 3.04.